The Kier molecular flexibility index (Phi) is 7.92. The number of hydrogen-bond donors (Lipinski definition) is 0. The zero-order valence-electron chi connectivity index (χ0n) is 31.0. The average Bonchev–Trinajstić information content (AvgIpc) is 3.67. The summed E-state index contributed by atoms with van der Waals surface area (Å²) >= 11 is 0. The van der Waals surface area contributed by atoms with Crippen molar-refractivity contribution in [1.29, 1.82) is 0 Å². The molecule has 57 heavy (non-hydrogen) atoms. The summed E-state index contributed by atoms with van der Waals surface area (Å²) in [7, 11) is 0. The molecule has 2 aliphatic rings. The van der Waals surface area contributed by atoms with E-state index in [0.717, 1.165) is 55.8 Å². The lowest BCUT2D eigenvalue weighted by Gasteiger charge is -2.26. The summed E-state index contributed by atoms with van der Waals surface area (Å²) in [5.74, 6) is 2.82. The molecule has 2 unspecified atom stereocenters. The van der Waals surface area contributed by atoms with Gasteiger partial charge in [-0.2, -0.15) is 0 Å². The molecular weight excluding hydrogens is 695 g/mol. The Morgan fingerprint density at radius 2 is 0.912 bits per heavy atom. The number of benzene rings is 8. The van der Waals surface area contributed by atoms with Crippen molar-refractivity contribution in [3.8, 4) is 61.9 Å². The summed E-state index contributed by atoms with van der Waals surface area (Å²) in [5.41, 5.74) is 13.3. The summed E-state index contributed by atoms with van der Waals surface area (Å²) in [5, 5.41) is 2.45. The van der Waals surface area contributed by atoms with Crippen LogP contribution in [-0.2, 0) is 0 Å². The van der Waals surface area contributed by atoms with Gasteiger partial charge in [-0.05, 0) is 61.8 Å². The molecule has 1 aliphatic carbocycles. The number of ether oxygens (including phenoxy) is 1. The van der Waals surface area contributed by atoms with Crippen LogP contribution in [0.4, 0.5) is 0 Å². The highest BCUT2D eigenvalue weighted by atomic mass is 16.5. The Bertz CT molecular complexity index is 2990. The normalized spacial score (nSPS) is 15.3. The van der Waals surface area contributed by atoms with Crippen molar-refractivity contribution in [2.24, 2.45) is 0 Å². The van der Waals surface area contributed by atoms with E-state index in [4.69, 9.17) is 19.7 Å². The van der Waals surface area contributed by atoms with Crippen LogP contribution in [0.25, 0.3) is 72.5 Å². The molecule has 4 heteroatoms. The Hall–Kier alpha value is -7.43. The molecule has 0 amide bonds. The highest BCUT2D eigenvalue weighted by Crippen LogP contribution is 2.53. The number of rotatable bonds is 6. The van der Waals surface area contributed by atoms with Crippen LogP contribution in [0.5, 0.6) is 5.75 Å². The monoisotopic (exact) mass is 729 g/mol. The van der Waals surface area contributed by atoms with E-state index < -0.39 is 0 Å². The van der Waals surface area contributed by atoms with E-state index in [1.807, 2.05) is 18.2 Å². The van der Waals surface area contributed by atoms with E-state index in [9.17, 15) is 0 Å². The van der Waals surface area contributed by atoms with E-state index in [1.165, 1.54) is 27.5 Å². The number of aromatic nitrogens is 3. The molecule has 268 valence electrons. The fraction of sp³-hybridized carbons (Fsp3) is 0.0377. The Morgan fingerprint density at radius 3 is 1.72 bits per heavy atom. The summed E-state index contributed by atoms with van der Waals surface area (Å²) in [6.45, 7) is 0. The van der Waals surface area contributed by atoms with Gasteiger partial charge in [-0.25, -0.2) is 15.0 Å². The van der Waals surface area contributed by atoms with Gasteiger partial charge in [0.15, 0.2) is 17.5 Å². The fourth-order valence-corrected chi connectivity index (χ4v) is 8.48. The van der Waals surface area contributed by atoms with Crippen molar-refractivity contribution in [2.45, 2.75) is 12.0 Å². The zero-order valence-corrected chi connectivity index (χ0v) is 31.0. The van der Waals surface area contributed by atoms with Crippen molar-refractivity contribution in [3.63, 3.8) is 0 Å². The second kappa shape index (κ2) is 13.7. The SMILES string of the molecule is C1=C(c2nc(-c3ccccc3)nc(-c3ccc(-c4cccc5ccccc45)cc3)n2)c2ccccc2C2Oc3cc(-c4cccc(-c5ccccc5)c4)ccc3C12. The first-order valence-corrected chi connectivity index (χ1v) is 19.4. The molecule has 1 aliphatic heterocycles. The molecule has 11 rings (SSSR count). The van der Waals surface area contributed by atoms with Crippen LogP contribution in [0.2, 0.25) is 0 Å². The smallest absolute Gasteiger partial charge is 0.164 e. The van der Waals surface area contributed by atoms with Crippen molar-refractivity contribution in [2.75, 3.05) is 0 Å². The second-order valence-electron chi connectivity index (χ2n) is 14.7. The van der Waals surface area contributed by atoms with Crippen molar-refractivity contribution >= 4 is 16.3 Å². The van der Waals surface area contributed by atoms with Crippen LogP contribution in [0, 0.1) is 0 Å². The summed E-state index contributed by atoms with van der Waals surface area (Å²) < 4.78 is 6.86. The largest absolute Gasteiger partial charge is 0.484 e. The third-order valence-electron chi connectivity index (χ3n) is 11.3. The number of nitrogens with zero attached hydrogens (tertiary/aromatic N) is 3. The molecule has 0 spiro atoms. The van der Waals surface area contributed by atoms with Gasteiger partial charge in [-0.15, -0.1) is 0 Å². The van der Waals surface area contributed by atoms with E-state index in [1.54, 1.807) is 0 Å². The number of fused-ring (bicyclic) bond motifs is 6. The molecular formula is C53H35N3O. The van der Waals surface area contributed by atoms with Crippen molar-refractivity contribution in [3.05, 3.63) is 223 Å². The maximum atomic E-state index is 6.86. The van der Waals surface area contributed by atoms with Crippen LogP contribution >= 0.6 is 0 Å². The van der Waals surface area contributed by atoms with Gasteiger partial charge >= 0.3 is 0 Å². The third-order valence-corrected chi connectivity index (χ3v) is 11.3. The molecule has 2 atom stereocenters. The predicted molar refractivity (Wildman–Crippen MR) is 231 cm³/mol. The Morgan fingerprint density at radius 1 is 0.368 bits per heavy atom. The minimum Gasteiger partial charge on any atom is -0.484 e. The molecule has 0 radical (unpaired) electrons. The third kappa shape index (κ3) is 5.90. The van der Waals surface area contributed by atoms with Gasteiger partial charge in [0.25, 0.3) is 0 Å². The number of hydrogen-bond acceptors (Lipinski definition) is 4. The van der Waals surface area contributed by atoms with Gasteiger partial charge < -0.3 is 4.74 Å². The predicted octanol–water partition coefficient (Wildman–Crippen LogP) is 13.0. The highest BCUT2D eigenvalue weighted by Gasteiger charge is 2.40. The highest BCUT2D eigenvalue weighted by molar-refractivity contribution is 5.97. The van der Waals surface area contributed by atoms with Crippen LogP contribution in [0.15, 0.2) is 200 Å². The van der Waals surface area contributed by atoms with E-state index in [2.05, 4.69) is 182 Å². The minimum absolute atomic E-state index is 0.00466. The summed E-state index contributed by atoms with van der Waals surface area (Å²) in [4.78, 5) is 15.5. The van der Waals surface area contributed by atoms with Crippen molar-refractivity contribution in [1.82, 2.24) is 15.0 Å². The van der Waals surface area contributed by atoms with Crippen LogP contribution in [0.1, 0.15) is 34.5 Å². The van der Waals surface area contributed by atoms with Crippen LogP contribution in [-0.4, -0.2) is 15.0 Å². The standard InChI is InChI=1S/C53H35N3O/c1-3-13-34(14-4-1)39-19-11-20-40(31-39)41-29-30-45-47-33-48(44-22-9-10-23-46(44)50(47)57-49(45)32-41)53-55-51(37-16-5-2-6-17-37)54-52(56-53)38-27-25-36(26-28-38)43-24-12-18-35-15-7-8-21-42(35)43/h1-33,47,50H. The van der Waals surface area contributed by atoms with Gasteiger partial charge in [0.05, 0.1) is 0 Å². The van der Waals surface area contributed by atoms with Gasteiger partial charge in [0.2, 0.25) is 0 Å². The maximum Gasteiger partial charge on any atom is 0.164 e. The van der Waals surface area contributed by atoms with Crippen LogP contribution in [0.3, 0.4) is 0 Å². The van der Waals surface area contributed by atoms with Gasteiger partial charge in [0, 0.05) is 33.7 Å². The molecule has 4 nitrogen and oxygen atoms in total. The van der Waals surface area contributed by atoms with Gasteiger partial charge in [0.1, 0.15) is 11.9 Å². The summed E-state index contributed by atoms with van der Waals surface area (Å²) in [6.07, 6.45) is 2.16. The lowest BCUT2D eigenvalue weighted by atomic mass is 9.80. The summed E-state index contributed by atoms with van der Waals surface area (Å²) in [6, 6.07) is 68.1. The van der Waals surface area contributed by atoms with Crippen molar-refractivity contribution < 1.29 is 4.74 Å². The van der Waals surface area contributed by atoms with Gasteiger partial charge in [-0.1, -0.05) is 188 Å². The molecule has 1 aromatic heterocycles. The lowest BCUT2D eigenvalue weighted by molar-refractivity contribution is 0.223. The molecule has 0 saturated heterocycles. The molecule has 2 heterocycles. The molecule has 0 fully saturated rings. The average molecular weight is 730 g/mol. The fourth-order valence-electron chi connectivity index (χ4n) is 8.48. The first-order valence-electron chi connectivity index (χ1n) is 19.4. The lowest BCUT2D eigenvalue weighted by Crippen LogP contribution is -2.17. The minimum atomic E-state index is -0.151. The molecule has 0 bridgehead atoms. The zero-order chi connectivity index (χ0) is 37.7. The second-order valence-corrected chi connectivity index (χ2v) is 14.7. The quantitative estimate of drug-likeness (QED) is 0.171. The molecule has 9 aromatic rings. The van der Waals surface area contributed by atoms with E-state index in [-0.39, 0.29) is 12.0 Å². The Balaban J connectivity index is 1.00. The topological polar surface area (TPSA) is 47.9 Å². The molecule has 8 aromatic carbocycles. The Labute approximate surface area is 331 Å². The van der Waals surface area contributed by atoms with Crippen LogP contribution < -0.4 is 4.74 Å². The van der Waals surface area contributed by atoms with E-state index in [0.29, 0.717) is 17.5 Å². The first-order chi connectivity index (χ1) is 28.2. The van der Waals surface area contributed by atoms with Gasteiger partial charge in [-0.3, -0.25) is 0 Å². The maximum absolute atomic E-state index is 6.86. The van der Waals surface area contributed by atoms with E-state index >= 15 is 0 Å². The first kappa shape index (κ1) is 33.0. The molecule has 0 saturated carbocycles. The molecule has 0 N–H and O–H groups in total.